The summed E-state index contributed by atoms with van der Waals surface area (Å²) < 4.78 is 0. The first-order valence-corrected chi connectivity index (χ1v) is 7.86. The molecule has 0 amide bonds. The number of carboxylic acid groups (broad SMARTS) is 1. The molecule has 23 heavy (non-hydrogen) atoms. The first kappa shape index (κ1) is 14.0. The normalized spacial score (nSPS) is 24.7. The molecule has 1 aromatic carbocycles. The van der Waals surface area contributed by atoms with E-state index in [2.05, 4.69) is 22.5 Å². The van der Waals surface area contributed by atoms with Gasteiger partial charge in [0.15, 0.2) is 0 Å². The maximum absolute atomic E-state index is 11.7. The lowest BCUT2D eigenvalue weighted by Crippen LogP contribution is -2.31. The lowest BCUT2D eigenvalue weighted by molar-refractivity contribution is 0.0695. The Morgan fingerprint density at radius 3 is 2.78 bits per heavy atom. The fourth-order valence-electron chi connectivity index (χ4n) is 3.94. The van der Waals surface area contributed by atoms with Crippen molar-refractivity contribution in [3.63, 3.8) is 0 Å². The first-order chi connectivity index (χ1) is 11.2. The van der Waals surface area contributed by atoms with Gasteiger partial charge in [-0.1, -0.05) is 18.2 Å². The van der Waals surface area contributed by atoms with Gasteiger partial charge in [-0.15, -0.1) is 0 Å². The molecule has 0 unspecified atom stereocenters. The number of hydrogen-bond donors (Lipinski definition) is 2. The van der Waals surface area contributed by atoms with Crippen LogP contribution in [0, 0.1) is 12.8 Å². The van der Waals surface area contributed by atoms with Crippen molar-refractivity contribution in [3.8, 4) is 0 Å². The van der Waals surface area contributed by atoms with E-state index in [1.165, 1.54) is 5.56 Å². The Balaban J connectivity index is 1.89. The number of benzene rings is 1. The molecule has 4 heteroatoms. The zero-order valence-electron chi connectivity index (χ0n) is 12.9. The van der Waals surface area contributed by atoms with Crippen molar-refractivity contribution in [3.05, 3.63) is 71.1 Å². The minimum Gasteiger partial charge on any atom is -0.478 e. The third-order valence-corrected chi connectivity index (χ3v) is 5.02. The molecule has 0 spiro atoms. The van der Waals surface area contributed by atoms with E-state index in [0.29, 0.717) is 11.5 Å². The molecule has 3 atom stereocenters. The standard InChI is InChI=1S/C19H18N2O2/c1-11-5-6-15(19(22)23)16-13-3-2-4-14(13)18(21-17(11)16)12-7-9-20-10-8-12/h2-3,5-10,13-14,18,21H,4H2,1H3,(H,22,23)/t13-,14+,18+/m0/s1. The van der Waals surface area contributed by atoms with E-state index in [-0.39, 0.29) is 12.0 Å². The Bertz CT molecular complexity index is 799. The molecule has 0 radical (unpaired) electrons. The maximum atomic E-state index is 11.7. The van der Waals surface area contributed by atoms with Gasteiger partial charge in [0.25, 0.3) is 0 Å². The Morgan fingerprint density at radius 2 is 2.04 bits per heavy atom. The Morgan fingerprint density at radius 1 is 1.26 bits per heavy atom. The van der Waals surface area contributed by atoms with Gasteiger partial charge in [0, 0.05) is 24.0 Å². The molecule has 2 N–H and O–H groups in total. The first-order valence-electron chi connectivity index (χ1n) is 7.86. The molecule has 0 saturated carbocycles. The number of nitrogens with one attached hydrogen (secondary N) is 1. The second-order valence-electron chi connectivity index (χ2n) is 6.28. The predicted octanol–water partition coefficient (Wildman–Crippen LogP) is 3.91. The SMILES string of the molecule is Cc1ccc(C(=O)O)c2c1N[C@H](c1ccncc1)[C@@H]1CC=C[C@H]21. The highest BCUT2D eigenvalue weighted by molar-refractivity contribution is 5.93. The summed E-state index contributed by atoms with van der Waals surface area (Å²) in [6.07, 6.45) is 8.92. The zero-order chi connectivity index (χ0) is 16.0. The van der Waals surface area contributed by atoms with Gasteiger partial charge in [-0.2, -0.15) is 0 Å². The summed E-state index contributed by atoms with van der Waals surface area (Å²) >= 11 is 0. The van der Waals surface area contributed by atoms with Gasteiger partial charge in [-0.3, -0.25) is 4.98 Å². The quantitative estimate of drug-likeness (QED) is 0.826. The Labute approximate surface area is 134 Å². The molecule has 116 valence electrons. The van der Waals surface area contributed by atoms with E-state index in [4.69, 9.17) is 0 Å². The van der Waals surface area contributed by atoms with E-state index in [0.717, 1.165) is 23.2 Å². The molecule has 2 aromatic rings. The number of nitrogens with zero attached hydrogens (tertiary/aromatic N) is 1. The van der Waals surface area contributed by atoms with Crippen LogP contribution >= 0.6 is 0 Å². The van der Waals surface area contributed by atoms with Crippen LogP contribution in [0.1, 0.15) is 45.4 Å². The number of hydrogen-bond acceptors (Lipinski definition) is 3. The fourth-order valence-corrected chi connectivity index (χ4v) is 3.94. The van der Waals surface area contributed by atoms with Crippen LogP contribution in [0.4, 0.5) is 5.69 Å². The van der Waals surface area contributed by atoms with Gasteiger partial charge in [0.2, 0.25) is 0 Å². The summed E-state index contributed by atoms with van der Waals surface area (Å²) in [4.78, 5) is 15.8. The molecule has 1 aliphatic heterocycles. The largest absolute Gasteiger partial charge is 0.478 e. The van der Waals surface area contributed by atoms with Gasteiger partial charge < -0.3 is 10.4 Å². The fraction of sp³-hybridized carbons (Fsp3) is 0.263. The van der Waals surface area contributed by atoms with E-state index < -0.39 is 5.97 Å². The molecular formula is C19H18N2O2. The molecule has 2 aliphatic rings. The number of fused-ring (bicyclic) bond motifs is 3. The smallest absolute Gasteiger partial charge is 0.336 e. The maximum Gasteiger partial charge on any atom is 0.336 e. The molecule has 0 bridgehead atoms. The van der Waals surface area contributed by atoms with Gasteiger partial charge in [0.05, 0.1) is 11.6 Å². The van der Waals surface area contributed by atoms with Crippen molar-refractivity contribution in [2.45, 2.75) is 25.3 Å². The van der Waals surface area contributed by atoms with Crippen molar-refractivity contribution >= 4 is 11.7 Å². The number of anilines is 1. The molecule has 0 fully saturated rings. The molecule has 1 aliphatic carbocycles. The van der Waals surface area contributed by atoms with Crippen molar-refractivity contribution in [2.24, 2.45) is 5.92 Å². The van der Waals surface area contributed by atoms with E-state index in [1.54, 1.807) is 6.07 Å². The number of aromatic nitrogens is 1. The van der Waals surface area contributed by atoms with Crippen LogP contribution in [0.3, 0.4) is 0 Å². The van der Waals surface area contributed by atoms with Crippen molar-refractivity contribution in [2.75, 3.05) is 5.32 Å². The molecule has 4 nitrogen and oxygen atoms in total. The summed E-state index contributed by atoms with van der Waals surface area (Å²) in [6, 6.07) is 7.86. The lowest BCUT2D eigenvalue weighted by Gasteiger charge is -2.39. The second-order valence-corrected chi connectivity index (χ2v) is 6.28. The number of pyridine rings is 1. The molecule has 1 aromatic heterocycles. The van der Waals surface area contributed by atoms with Crippen molar-refractivity contribution in [1.29, 1.82) is 0 Å². The summed E-state index contributed by atoms with van der Waals surface area (Å²) in [7, 11) is 0. The summed E-state index contributed by atoms with van der Waals surface area (Å²) in [5, 5.41) is 13.2. The predicted molar refractivity (Wildman–Crippen MR) is 88.7 cm³/mol. The Hall–Kier alpha value is -2.62. The van der Waals surface area contributed by atoms with Crippen LogP contribution in [-0.4, -0.2) is 16.1 Å². The van der Waals surface area contributed by atoms with Gasteiger partial charge in [0.1, 0.15) is 0 Å². The van der Waals surface area contributed by atoms with Gasteiger partial charge in [-0.05, 0) is 54.2 Å². The third kappa shape index (κ3) is 2.13. The van der Waals surface area contributed by atoms with Crippen LogP contribution < -0.4 is 5.32 Å². The minimum atomic E-state index is -0.857. The average molecular weight is 306 g/mol. The molecule has 4 rings (SSSR count). The molecule has 2 heterocycles. The van der Waals surface area contributed by atoms with E-state index in [1.807, 2.05) is 37.5 Å². The zero-order valence-corrected chi connectivity index (χ0v) is 12.9. The number of aromatic carboxylic acids is 1. The number of allylic oxidation sites excluding steroid dienone is 2. The topological polar surface area (TPSA) is 62.2 Å². The van der Waals surface area contributed by atoms with E-state index in [9.17, 15) is 9.90 Å². The second kappa shape index (κ2) is 5.23. The van der Waals surface area contributed by atoms with Crippen molar-refractivity contribution < 1.29 is 9.90 Å². The number of carbonyl (C=O) groups is 1. The highest BCUT2D eigenvalue weighted by Crippen LogP contribution is 2.51. The minimum absolute atomic E-state index is 0.149. The van der Waals surface area contributed by atoms with Crippen molar-refractivity contribution in [1.82, 2.24) is 4.98 Å². The molecule has 0 saturated heterocycles. The monoisotopic (exact) mass is 306 g/mol. The van der Waals surface area contributed by atoms with Crippen LogP contribution in [0.25, 0.3) is 0 Å². The average Bonchev–Trinajstić information content (AvgIpc) is 3.05. The van der Waals surface area contributed by atoms with Crippen LogP contribution in [0.5, 0.6) is 0 Å². The third-order valence-electron chi connectivity index (χ3n) is 5.02. The lowest BCUT2D eigenvalue weighted by atomic mass is 9.75. The van der Waals surface area contributed by atoms with Gasteiger partial charge in [-0.25, -0.2) is 4.79 Å². The summed E-state index contributed by atoms with van der Waals surface area (Å²) in [5.41, 5.74) is 4.60. The number of rotatable bonds is 2. The number of aryl methyl sites for hydroxylation is 1. The van der Waals surface area contributed by atoms with Crippen LogP contribution in [0.2, 0.25) is 0 Å². The van der Waals surface area contributed by atoms with Crippen LogP contribution in [-0.2, 0) is 0 Å². The van der Waals surface area contributed by atoms with Gasteiger partial charge >= 0.3 is 5.97 Å². The molecular weight excluding hydrogens is 288 g/mol. The number of carboxylic acids is 1. The Kier molecular flexibility index (Phi) is 3.18. The van der Waals surface area contributed by atoms with Crippen LogP contribution in [0.15, 0.2) is 48.8 Å². The highest BCUT2D eigenvalue weighted by Gasteiger charge is 2.40. The summed E-state index contributed by atoms with van der Waals surface area (Å²) in [5.74, 6) is -0.371. The summed E-state index contributed by atoms with van der Waals surface area (Å²) in [6.45, 7) is 2.03. The highest BCUT2D eigenvalue weighted by atomic mass is 16.4. The van der Waals surface area contributed by atoms with E-state index >= 15 is 0 Å².